The molecule has 0 radical (unpaired) electrons. The second-order valence-electron chi connectivity index (χ2n) is 6.39. The summed E-state index contributed by atoms with van der Waals surface area (Å²) in [4.78, 5) is 15.7. The summed E-state index contributed by atoms with van der Waals surface area (Å²) >= 11 is 1.52. The monoisotopic (exact) mass is 280 g/mol. The molecular weight excluding hydrogens is 260 g/mol. The molecule has 1 aromatic heterocycles. The minimum Gasteiger partial charge on any atom is -0.481 e. The molecule has 3 rings (SSSR count). The van der Waals surface area contributed by atoms with Crippen LogP contribution in [0.15, 0.2) is 5.38 Å². The zero-order chi connectivity index (χ0) is 13.6. The molecule has 0 aromatic carbocycles. The van der Waals surface area contributed by atoms with E-state index in [1.54, 1.807) is 13.8 Å². The lowest BCUT2D eigenvalue weighted by Gasteiger charge is -2.22. The molecule has 2 N–H and O–H groups in total. The third-order valence-corrected chi connectivity index (χ3v) is 5.50. The molecule has 2 aliphatic rings. The van der Waals surface area contributed by atoms with Crippen LogP contribution in [0.2, 0.25) is 0 Å². The Bertz CT molecular complexity index is 497. The molecule has 2 saturated carbocycles. The van der Waals surface area contributed by atoms with Crippen molar-refractivity contribution in [2.24, 2.45) is 11.8 Å². The van der Waals surface area contributed by atoms with Gasteiger partial charge in [-0.15, -0.1) is 11.3 Å². The average molecular weight is 280 g/mol. The zero-order valence-electron chi connectivity index (χ0n) is 11.3. The number of fused-ring (bicyclic) bond motifs is 2. The maximum Gasteiger partial charge on any atom is 0.315 e. The topological polar surface area (TPSA) is 62.2 Å². The highest BCUT2D eigenvalue weighted by Crippen LogP contribution is 2.45. The standard InChI is InChI=1S/C14H20N2O2S/c1-14(2,12(17)18)11-7-19-13(16-11)15-10-6-8-3-4-9(10)5-8/h7-10H,3-6H2,1-2H3,(H,15,16)(H,17,18). The van der Waals surface area contributed by atoms with Crippen LogP contribution in [0.3, 0.4) is 0 Å². The number of carboxylic acid groups (broad SMARTS) is 1. The zero-order valence-corrected chi connectivity index (χ0v) is 12.2. The Kier molecular flexibility index (Phi) is 3.04. The Labute approximate surface area is 117 Å². The first-order valence-electron chi connectivity index (χ1n) is 6.92. The number of aliphatic carboxylic acids is 1. The summed E-state index contributed by atoms with van der Waals surface area (Å²) in [6.07, 6.45) is 5.33. The Morgan fingerprint density at radius 1 is 1.47 bits per heavy atom. The van der Waals surface area contributed by atoms with Crippen LogP contribution in [-0.4, -0.2) is 22.1 Å². The van der Waals surface area contributed by atoms with Crippen molar-refractivity contribution >= 4 is 22.4 Å². The number of nitrogens with one attached hydrogen (secondary N) is 1. The van der Waals surface area contributed by atoms with Crippen molar-refractivity contribution in [2.45, 2.75) is 51.0 Å². The number of aromatic nitrogens is 1. The number of carboxylic acids is 1. The quantitative estimate of drug-likeness (QED) is 0.889. The fourth-order valence-corrected chi connectivity index (χ4v) is 4.26. The van der Waals surface area contributed by atoms with Crippen LogP contribution in [0.25, 0.3) is 0 Å². The van der Waals surface area contributed by atoms with Gasteiger partial charge < -0.3 is 10.4 Å². The van der Waals surface area contributed by atoms with Gasteiger partial charge in [0, 0.05) is 11.4 Å². The predicted molar refractivity (Wildman–Crippen MR) is 75.6 cm³/mol. The summed E-state index contributed by atoms with van der Waals surface area (Å²) in [6.45, 7) is 3.40. The van der Waals surface area contributed by atoms with Gasteiger partial charge in [-0.1, -0.05) is 6.42 Å². The number of thiazole rings is 1. The van der Waals surface area contributed by atoms with Crippen molar-refractivity contribution in [3.63, 3.8) is 0 Å². The van der Waals surface area contributed by atoms with Crippen LogP contribution in [-0.2, 0) is 10.2 Å². The fourth-order valence-electron chi connectivity index (χ4n) is 3.32. The van der Waals surface area contributed by atoms with Crippen molar-refractivity contribution in [3.8, 4) is 0 Å². The molecular formula is C14H20N2O2S. The lowest BCUT2D eigenvalue weighted by molar-refractivity contribution is -0.142. The Hall–Kier alpha value is -1.10. The first-order valence-corrected chi connectivity index (χ1v) is 7.80. The SMILES string of the molecule is CC(C)(C(=O)O)c1csc(NC2CC3CCC2C3)n1. The Balaban J connectivity index is 1.70. The summed E-state index contributed by atoms with van der Waals surface area (Å²) in [6, 6.07) is 0.547. The van der Waals surface area contributed by atoms with Crippen LogP contribution < -0.4 is 5.32 Å². The van der Waals surface area contributed by atoms with E-state index < -0.39 is 11.4 Å². The van der Waals surface area contributed by atoms with E-state index in [2.05, 4.69) is 10.3 Å². The molecule has 0 amide bonds. The van der Waals surface area contributed by atoms with Gasteiger partial charge in [-0.3, -0.25) is 4.79 Å². The number of carbonyl (C=O) groups is 1. The Morgan fingerprint density at radius 3 is 2.84 bits per heavy atom. The van der Waals surface area contributed by atoms with Crippen LogP contribution in [0.5, 0.6) is 0 Å². The predicted octanol–water partition coefficient (Wildman–Crippen LogP) is 3.11. The van der Waals surface area contributed by atoms with Gasteiger partial charge >= 0.3 is 5.97 Å². The lowest BCUT2D eigenvalue weighted by Crippen LogP contribution is -2.29. The van der Waals surface area contributed by atoms with E-state index in [0.29, 0.717) is 11.7 Å². The van der Waals surface area contributed by atoms with Crippen molar-refractivity contribution in [2.75, 3.05) is 5.32 Å². The molecule has 1 heterocycles. The van der Waals surface area contributed by atoms with Gasteiger partial charge in [-0.05, 0) is 44.9 Å². The largest absolute Gasteiger partial charge is 0.481 e. The normalized spacial score (nSPS) is 29.7. The molecule has 19 heavy (non-hydrogen) atoms. The third-order valence-electron chi connectivity index (χ3n) is 4.73. The van der Waals surface area contributed by atoms with Crippen LogP contribution in [0, 0.1) is 11.8 Å². The number of rotatable bonds is 4. The van der Waals surface area contributed by atoms with Crippen molar-refractivity contribution in [1.82, 2.24) is 4.98 Å². The number of nitrogens with zero attached hydrogens (tertiary/aromatic N) is 1. The molecule has 3 atom stereocenters. The fraction of sp³-hybridized carbons (Fsp3) is 0.714. The van der Waals surface area contributed by atoms with Crippen LogP contribution >= 0.6 is 11.3 Å². The maximum atomic E-state index is 11.2. The van der Waals surface area contributed by atoms with E-state index in [9.17, 15) is 9.90 Å². The molecule has 4 nitrogen and oxygen atoms in total. The van der Waals surface area contributed by atoms with E-state index in [0.717, 1.165) is 17.0 Å². The van der Waals surface area contributed by atoms with Crippen LogP contribution in [0.1, 0.15) is 45.2 Å². The third kappa shape index (κ3) is 2.24. The van der Waals surface area contributed by atoms with E-state index in [1.165, 1.54) is 37.0 Å². The molecule has 0 spiro atoms. The maximum absolute atomic E-state index is 11.2. The van der Waals surface area contributed by atoms with Crippen molar-refractivity contribution in [3.05, 3.63) is 11.1 Å². The average Bonchev–Trinajstić information content (AvgIpc) is 3.03. The summed E-state index contributed by atoms with van der Waals surface area (Å²) in [5.74, 6) is 0.867. The highest BCUT2D eigenvalue weighted by atomic mass is 32.1. The molecule has 104 valence electrons. The second kappa shape index (κ2) is 4.47. The van der Waals surface area contributed by atoms with E-state index in [1.807, 2.05) is 5.38 Å². The van der Waals surface area contributed by atoms with Gasteiger partial charge in [-0.25, -0.2) is 4.98 Å². The van der Waals surface area contributed by atoms with Crippen molar-refractivity contribution in [1.29, 1.82) is 0 Å². The highest BCUT2D eigenvalue weighted by molar-refractivity contribution is 7.13. The van der Waals surface area contributed by atoms with Crippen molar-refractivity contribution < 1.29 is 9.90 Å². The highest BCUT2D eigenvalue weighted by Gasteiger charge is 2.40. The molecule has 2 aliphatic carbocycles. The van der Waals surface area contributed by atoms with Gasteiger partial charge in [0.1, 0.15) is 5.41 Å². The van der Waals surface area contributed by atoms with Gasteiger partial charge in [0.05, 0.1) is 5.69 Å². The smallest absolute Gasteiger partial charge is 0.315 e. The molecule has 0 saturated heterocycles. The molecule has 1 aromatic rings. The first kappa shape index (κ1) is 12.9. The molecule has 5 heteroatoms. The molecule has 2 fully saturated rings. The van der Waals surface area contributed by atoms with Gasteiger partial charge in [-0.2, -0.15) is 0 Å². The molecule has 2 bridgehead atoms. The Morgan fingerprint density at radius 2 is 2.26 bits per heavy atom. The summed E-state index contributed by atoms with van der Waals surface area (Å²) < 4.78 is 0. The van der Waals surface area contributed by atoms with Gasteiger partial charge in [0.2, 0.25) is 0 Å². The molecule has 3 unspecified atom stereocenters. The second-order valence-corrected chi connectivity index (χ2v) is 7.25. The number of hydrogen-bond donors (Lipinski definition) is 2. The lowest BCUT2D eigenvalue weighted by atomic mass is 9.90. The van der Waals surface area contributed by atoms with E-state index >= 15 is 0 Å². The minimum atomic E-state index is -0.912. The van der Waals surface area contributed by atoms with Crippen LogP contribution in [0.4, 0.5) is 5.13 Å². The van der Waals surface area contributed by atoms with E-state index in [4.69, 9.17) is 0 Å². The van der Waals surface area contributed by atoms with Gasteiger partial charge in [0.15, 0.2) is 5.13 Å². The summed E-state index contributed by atoms with van der Waals surface area (Å²) in [5.41, 5.74) is -0.263. The molecule has 0 aliphatic heterocycles. The number of hydrogen-bond acceptors (Lipinski definition) is 4. The van der Waals surface area contributed by atoms with Gasteiger partial charge in [0.25, 0.3) is 0 Å². The minimum absolute atomic E-state index is 0.547. The number of anilines is 1. The summed E-state index contributed by atoms with van der Waals surface area (Å²) in [7, 11) is 0. The first-order chi connectivity index (χ1) is 8.96. The van der Waals surface area contributed by atoms with E-state index in [-0.39, 0.29) is 0 Å². The summed E-state index contributed by atoms with van der Waals surface area (Å²) in [5, 5.41) is 15.5.